The van der Waals surface area contributed by atoms with E-state index in [-0.39, 0.29) is 17.8 Å². The van der Waals surface area contributed by atoms with Crippen LogP contribution in [0.25, 0.3) is 11.3 Å². The molecule has 2 unspecified atom stereocenters. The summed E-state index contributed by atoms with van der Waals surface area (Å²) in [5.41, 5.74) is 1.59. The largest absolute Gasteiger partial charge is 0.489 e. The highest BCUT2D eigenvalue weighted by Gasteiger charge is 2.31. The minimum Gasteiger partial charge on any atom is -0.489 e. The third-order valence-electron chi connectivity index (χ3n) is 3.48. The van der Waals surface area contributed by atoms with Crippen LogP contribution >= 0.6 is 0 Å². The van der Waals surface area contributed by atoms with Gasteiger partial charge >= 0.3 is 0 Å². The number of carbonyl (C=O) groups excluding carboxylic acids is 1. The Labute approximate surface area is 105 Å². The lowest BCUT2D eigenvalue weighted by molar-refractivity contribution is 0.0730. The van der Waals surface area contributed by atoms with Crippen LogP contribution in [0.5, 0.6) is 5.75 Å². The second kappa shape index (κ2) is 4.02. The van der Waals surface area contributed by atoms with E-state index in [2.05, 4.69) is 0 Å². The molecule has 1 aromatic heterocycles. The molecule has 0 fully saturated rings. The lowest BCUT2D eigenvalue weighted by Gasteiger charge is -2.28. The summed E-state index contributed by atoms with van der Waals surface area (Å²) in [7, 11) is 0. The highest BCUT2D eigenvalue weighted by molar-refractivity contribution is 6.01. The minimum absolute atomic E-state index is 0.0862. The maximum absolute atomic E-state index is 12.1. The van der Waals surface area contributed by atoms with E-state index in [0.29, 0.717) is 11.3 Å². The van der Waals surface area contributed by atoms with Crippen molar-refractivity contribution >= 4 is 5.78 Å². The molecule has 2 heterocycles. The Bertz CT molecular complexity index is 584. The number of ether oxygens (including phenoxy) is 1. The average molecular weight is 242 g/mol. The summed E-state index contributed by atoms with van der Waals surface area (Å²) >= 11 is 0. The van der Waals surface area contributed by atoms with Gasteiger partial charge in [-0.3, -0.25) is 4.79 Å². The summed E-state index contributed by atoms with van der Waals surface area (Å²) in [5, 5.41) is 0. The van der Waals surface area contributed by atoms with Crippen LogP contribution in [0.4, 0.5) is 0 Å². The number of hydrogen-bond acceptors (Lipinski definition) is 3. The Balaban J connectivity index is 2.07. The number of rotatable bonds is 1. The first-order valence-corrected chi connectivity index (χ1v) is 6.05. The molecule has 1 aromatic carbocycles. The molecule has 0 amide bonds. The summed E-state index contributed by atoms with van der Waals surface area (Å²) < 4.78 is 11.1. The molecule has 0 N–H and O–H groups in total. The Morgan fingerprint density at radius 3 is 2.72 bits per heavy atom. The van der Waals surface area contributed by atoms with Gasteiger partial charge in [-0.05, 0) is 31.2 Å². The van der Waals surface area contributed by atoms with Gasteiger partial charge in [-0.15, -0.1) is 0 Å². The summed E-state index contributed by atoms with van der Waals surface area (Å²) in [6, 6.07) is 9.30. The van der Waals surface area contributed by atoms with Gasteiger partial charge in [0.05, 0.1) is 17.7 Å². The summed E-state index contributed by atoms with van der Waals surface area (Å²) in [4.78, 5) is 12.1. The van der Waals surface area contributed by atoms with Crippen LogP contribution in [0.15, 0.2) is 41.0 Å². The van der Waals surface area contributed by atoms with Crippen molar-refractivity contribution < 1.29 is 13.9 Å². The van der Waals surface area contributed by atoms with Gasteiger partial charge < -0.3 is 9.15 Å². The molecule has 0 bridgehead atoms. The van der Waals surface area contributed by atoms with Crippen molar-refractivity contribution in [3.8, 4) is 17.1 Å². The third kappa shape index (κ3) is 1.63. The molecule has 0 spiro atoms. The molecule has 2 atom stereocenters. The van der Waals surface area contributed by atoms with E-state index in [1.807, 2.05) is 44.2 Å². The number of benzene rings is 1. The maximum atomic E-state index is 12.1. The van der Waals surface area contributed by atoms with Crippen molar-refractivity contribution in [3.05, 3.63) is 42.2 Å². The van der Waals surface area contributed by atoms with E-state index in [9.17, 15) is 4.79 Å². The molecule has 1 aliphatic heterocycles. The molecule has 2 aromatic rings. The maximum Gasteiger partial charge on any atom is 0.173 e. The number of hydrogen-bond donors (Lipinski definition) is 0. The van der Waals surface area contributed by atoms with Crippen LogP contribution in [0.2, 0.25) is 0 Å². The average Bonchev–Trinajstić information content (AvgIpc) is 2.89. The van der Waals surface area contributed by atoms with Crippen molar-refractivity contribution in [3.63, 3.8) is 0 Å². The van der Waals surface area contributed by atoms with Gasteiger partial charge in [0.25, 0.3) is 0 Å². The van der Waals surface area contributed by atoms with Crippen LogP contribution in [-0.2, 0) is 0 Å². The molecule has 0 saturated carbocycles. The van der Waals surface area contributed by atoms with Crippen LogP contribution in [0, 0.1) is 5.92 Å². The van der Waals surface area contributed by atoms with E-state index in [1.54, 1.807) is 6.26 Å². The fourth-order valence-electron chi connectivity index (χ4n) is 2.18. The number of fused-ring (bicyclic) bond motifs is 1. The van der Waals surface area contributed by atoms with E-state index in [4.69, 9.17) is 9.15 Å². The van der Waals surface area contributed by atoms with Gasteiger partial charge in [-0.1, -0.05) is 13.0 Å². The number of furan rings is 1. The van der Waals surface area contributed by atoms with Crippen LogP contribution in [-0.4, -0.2) is 11.9 Å². The van der Waals surface area contributed by atoms with Gasteiger partial charge in [-0.25, -0.2) is 0 Å². The lowest BCUT2D eigenvalue weighted by Crippen LogP contribution is -2.33. The standard InChI is InChI=1S/C15H14O3/c1-9-10(2)18-14-8-11(13-4-3-7-17-13)5-6-12(14)15(9)16/h3-10H,1-2H3. The van der Waals surface area contributed by atoms with Gasteiger partial charge in [-0.2, -0.15) is 0 Å². The molecule has 18 heavy (non-hydrogen) atoms. The molecule has 0 radical (unpaired) electrons. The monoisotopic (exact) mass is 242 g/mol. The molecule has 3 heteroatoms. The normalized spacial score (nSPS) is 22.4. The summed E-state index contributed by atoms with van der Waals surface area (Å²) in [5.74, 6) is 1.49. The lowest BCUT2D eigenvalue weighted by atomic mass is 9.91. The second-order valence-electron chi connectivity index (χ2n) is 4.66. The third-order valence-corrected chi connectivity index (χ3v) is 3.48. The molecule has 92 valence electrons. The van der Waals surface area contributed by atoms with Crippen molar-refractivity contribution in [1.82, 2.24) is 0 Å². The Morgan fingerprint density at radius 1 is 1.17 bits per heavy atom. The van der Waals surface area contributed by atoms with E-state index < -0.39 is 0 Å². The van der Waals surface area contributed by atoms with Crippen molar-refractivity contribution in [2.75, 3.05) is 0 Å². The van der Waals surface area contributed by atoms with Gasteiger partial charge in [0.2, 0.25) is 0 Å². The first-order valence-electron chi connectivity index (χ1n) is 6.05. The first kappa shape index (κ1) is 11.1. The molecular formula is C15H14O3. The number of Topliss-reactive ketones (excluding diaryl/α,β-unsaturated/α-hetero) is 1. The molecule has 0 saturated heterocycles. The molecular weight excluding hydrogens is 228 g/mol. The van der Waals surface area contributed by atoms with Crippen LogP contribution in [0.1, 0.15) is 24.2 Å². The highest BCUT2D eigenvalue weighted by atomic mass is 16.5. The summed E-state index contributed by atoms with van der Waals surface area (Å²) in [6.07, 6.45) is 1.54. The fourth-order valence-corrected chi connectivity index (χ4v) is 2.18. The number of carbonyl (C=O) groups is 1. The molecule has 3 rings (SSSR count). The highest BCUT2D eigenvalue weighted by Crippen LogP contribution is 2.34. The molecule has 3 nitrogen and oxygen atoms in total. The van der Waals surface area contributed by atoms with Crippen LogP contribution in [0.3, 0.4) is 0 Å². The smallest absolute Gasteiger partial charge is 0.173 e. The van der Waals surface area contributed by atoms with Crippen LogP contribution < -0.4 is 4.74 Å². The SMILES string of the molecule is CC1Oc2cc(-c3ccco3)ccc2C(=O)C1C. The van der Waals surface area contributed by atoms with Gasteiger partial charge in [0.15, 0.2) is 5.78 Å². The van der Waals surface area contributed by atoms with Gasteiger partial charge in [0, 0.05) is 5.56 Å². The quantitative estimate of drug-likeness (QED) is 0.767. The van der Waals surface area contributed by atoms with Crippen molar-refractivity contribution in [2.24, 2.45) is 5.92 Å². The first-order chi connectivity index (χ1) is 8.66. The predicted molar refractivity (Wildman–Crippen MR) is 67.7 cm³/mol. The molecule has 1 aliphatic rings. The predicted octanol–water partition coefficient (Wildman–Crippen LogP) is 3.55. The topological polar surface area (TPSA) is 39.4 Å². The summed E-state index contributed by atoms with van der Waals surface area (Å²) in [6.45, 7) is 3.82. The Morgan fingerprint density at radius 2 is 2.00 bits per heavy atom. The number of ketones is 1. The zero-order valence-electron chi connectivity index (χ0n) is 10.3. The molecule has 0 aliphatic carbocycles. The van der Waals surface area contributed by atoms with Crippen molar-refractivity contribution in [2.45, 2.75) is 20.0 Å². The Kier molecular flexibility index (Phi) is 2.47. The minimum atomic E-state index is -0.0908. The fraction of sp³-hybridized carbons (Fsp3) is 0.267. The van der Waals surface area contributed by atoms with E-state index in [0.717, 1.165) is 11.3 Å². The Hall–Kier alpha value is -2.03. The zero-order chi connectivity index (χ0) is 12.7. The van der Waals surface area contributed by atoms with E-state index in [1.165, 1.54) is 0 Å². The second-order valence-corrected chi connectivity index (χ2v) is 4.66. The van der Waals surface area contributed by atoms with Gasteiger partial charge in [0.1, 0.15) is 17.6 Å². The zero-order valence-corrected chi connectivity index (χ0v) is 10.3. The van der Waals surface area contributed by atoms with Crippen molar-refractivity contribution in [1.29, 1.82) is 0 Å². The van der Waals surface area contributed by atoms with E-state index >= 15 is 0 Å².